The highest BCUT2D eigenvalue weighted by Gasteiger charge is 2.12. The van der Waals surface area contributed by atoms with Gasteiger partial charge in [0.2, 0.25) is 5.91 Å². The molecule has 1 amide bonds. The first-order valence-electron chi connectivity index (χ1n) is 9.12. The molecule has 5 heteroatoms. The molecule has 2 aromatic carbocycles. The summed E-state index contributed by atoms with van der Waals surface area (Å²) < 4.78 is 13.0. The summed E-state index contributed by atoms with van der Waals surface area (Å²) in [6.07, 6.45) is 2.55. The zero-order chi connectivity index (χ0) is 18.4. The predicted molar refractivity (Wildman–Crippen MR) is 102 cm³/mol. The molecule has 0 spiro atoms. The smallest absolute Gasteiger partial charge is 0.238 e. The molecule has 0 aliphatic carbocycles. The Morgan fingerprint density at radius 2 is 1.85 bits per heavy atom. The highest BCUT2D eigenvalue weighted by molar-refractivity contribution is 5.92. The number of halogens is 1. The van der Waals surface area contributed by atoms with Gasteiger partial charge in [-0.1, -0.05) is 24.3 Å². The van der Waals surface area contributed by atoms with Crippen LogP contribution in [-0.2, 0) is 17.9 Å². The molecular weight excluding hydrogens is 329 g/mol. The Bertz CT molecular complexity index is 726. The van der Waals surface area contributed by atoms with Crippen LogP contribution in [0.3, 0.4) is 0 Å². The van der Waals surface area contributed by atoms with Crippen molar-refractivity contribution in [3.05, 3.63) is 65.5 Å². The van der Waals surface area contributed by atoms with E-state index in [1.54, 1.807) is 12.1 Å². The molecule has 0 radical (unpaired) electrons. The molecule has 0 atom stereocenters. The molecule has 26 heavy (non-hydrogen) atoms. The quantitative estimate of drug-likeness (QED) is 0.826. The first-order valence-corrected chi connectivity index (χ1v) is 9.12. The van der Waals surface area contributed by atoms with E-state index in [2.05, 4.69) is 22.3 Å². The van der Waals surface area contributed by atoms with E-state index in [9.17, 15) is 9.18 Å². The second-order valence-corrected chi connectivity index (χ2v) is 7.03. The lowest BCUT2D eigenvalue weighted by Gasteiger charge is -2.17. The number of likely N-dealkylation sites (N-methyl/N-ethyl adjacent to an activating group) is 1. The van der Waals surface area contributed by atoms with E-state index in [1.807, 2.05) is 24.1 Å². The third-order valence-electron chi connectivity index (χ3n) is 4.59. The Morgan fingerprint density at radius 3 is 2.58 bits per heavy atom. The number of anilines is 1. The van der Waals surface area contributed by atoms with Gasteiger partial charge in [-0.3, -0.25) is 14.6 Å². The molecule has 0 saturated carbocycles. The average Bonchev–Trinajstić information content (AvgIpc) is 3.10. The molecular formula is C21H26FN3O. The van der Waals surface area contributed by atoms with Gasteiger partial charge >= 0.3 is 0 Å². The van der Waals surface area contributed by atoms with Crippen LogP contribution < -0.4 is 5.32 Å². The average molecular weight is 355 g/mol. The highest BCUT2D eigenvalue weighted by atomic mass is 19.1. The van der Waals surface area contributed by atoms with Crippen LogP contribution in [0.5, 0.6) is 0 Å². The Balaban J connectivity index is 1.49. The van der Waals surface area contributed by atoms with Crippen molar-refractivity contribution < 1.29 is 9.18 Å². The van der Waals surface area contributed by atoms with Crippen LogP contribution in [0.2, 0.25) is 0 Å². The lowest BCUT2D eigenvalue weighted by atomic mass is 10.2. The molecule has 138 valence electrons. The number of amides is 1. The minimum Gasteiger partial charge on any atom is -0.325 e. The normalized spacial score (nSPS) is 14.7. The minimum atomic E-state index is -0.247. The van der Waals surface area contributed by atoms with Crippen molar-refractivity contribution in [1.29, 1.82) is 0 Å². The Labute approximate surface area is 154 Å². The molecule has 1 fully saturated rings. The second kappa shape index (κ2) is 8.92. The summed E-state index contributed by atoms with van der Waals surface area (Å²) >= 11 is 0. The molecule has 1 N–H and O–H groups in total. The number of likely N-dealkylation sites (tertiary alicyclic amines) is 1. The maximum Gasteiger partial charge on any atom is 0.238 e. The molecule has 0 unspecified atom stereocenters. The van der Waals surface area contributed by atoms with Crippen LogP contribution in [0.15, 0.2) is 48.5 Å². The van der Waals surface area contributed by atoms with Crippen LogP contribution in [0.1, 0.15) is 24.0 Å². The maximum atomic E-state index is 13.0. The van der Waals surface area contributed by atoms with Crippen molar-refractivity contribution in [1.82, 2.24) is 9.80 Å². The molecule has 4 nitrogen and oxygen atoms in total. The van der Waals surface area contributed by atoms with Gasteiger partial charge in [-0.25, -0.2) is 4.39 Å². The van der Waals surface area contributed by atoms with Crippen LogP contribution in [0.25, 0.3) is 0 Å². The third-order valence-corrected chi connectivity index (χ3v) is 4.59. The van der Waals surface area contributed by atoms with Gasteiger partial charge in [0.15, 0.2) is 0 Å². The Kier molecular flexibility index (Phi) is 6.36. The van der Waals surface area contributed by atoms with Crippen LogP contribution in [0, 0.1) is 5.82 Å². The van der Waals surface area contributed by atoms with Gasteiger partial charge in [-0.15, -0.1) is 0 Å². The van der Waals surface area contributed by atoms with Crippen LogP contribution in [0.4, 0.5) is 10.1 Å². The highest BCUT2D eigenvalue weighted by Crippen LogP contribution is 2.16. The number of hydrogen-bond donors (Lipinski definition) is 1. The first-order chi connectivity index (χ1) is 12.6. The molecule has 2 aromatic rings. The van der Waals surface area contributed by atoms with Gasteiger partial charge in [-0.05, 0) is 68.4 Å². The molecule has 0 aromatic heterocycles. The van der Waals surface area contributed by atoms with E-state index in [0.29, 0.717) is 6.54 Å². The van der Waals surface area contributed by atoms with E-state index in [-0.39, 0.29) is 18.3 Å². The molecule has 1 saturated heterocycles. The Morgan fingerprint density at radius 1 is 1.12 bits per heavy atom. The van der Waals surface area contributed by atoms with E-state index >= 15 is 0 Å². The van der Waals surface area contributed by atoms with E-state index in [1.165, 1.54) is 30.5 Å². The molecule has 1 heterocycles. The fourth-order valence-electron chi connectivity index (χ4n) is 3.35. The third kappa shape index (κ3) is 5.64. The zero-order valence-corrected chi connectivity index (χ0v) is 15.2. The number of benzene rings is 2. The van der Waals surface area contributed by atoms with Crippen molar-refractivity contribution >= 4 is 11.6 Å². The summed E-state index contributed by atoms with van der Waals surface area (Å²) in [6, 6.07) is 14.4. The lowest BCUT2D eigenvalue weighted by molar-refractivity contribution is -0.117. The van der Waals surface area contributed by atoms with Crippen molar-refractivity contribution in [3.8, 4) is 0 Å². The van der Waals surface area contributed by atoms with Crippen molar-refractivity contribution in [2.24, 2.45) is 0 Å². The summed E-state index contributed by atoms with van der Waals surface area (Å²) in [7, 11) is 1.88. The number of carbonyl (C=O) groups excluding carboxylic acids is 1. The SMILES string of the molecule is CN(CC(=O)Nc1cccc(CN2CCCC2)c1)Cc1ccc(F)cc1. The van der Waals surface area contributed by atoms with Gasteiger partial charge in [0.25, 0.3) is 0 Å². The standard InChI is InChI=1S/C21H26FN3O/c1-24(14-17-7-9-19(22)10-8-17)16-21(26)23-20-6-4-5-18(13-20)15-25-11-2-3-12-25/h4-10,13H,2-3,11-12,14-16H2,1H3,(H,23,26). The molecule has 1 aliphatic rings. The van der Waals surface area contributed by atoms with Gasteiger partial charge in [0, 0.05) is 18.8 Å². The molecule has 1 aliphatic heterocycles. The van der Waals surface area contributed by atoms with Crippen LogP contribution >= 0.6 is 0 Å². The second-order valence-electron chi connectivity index (χ2n) is 7.03. The van der Waals surface area contributed by atoms with Gasteiger partial charge < -0.3 is 5.32 Å². The minimum absolute atomic E-state index is 0.0482. The van der Waals surface area contributed by atoms with Crippen molar-refractivity contribution in [2.75, 3.05) is 32.0 Å². The van der Waals surface area contributed by atoms with Crippen molar-refractivity contribution in [3.63, 3.8) is 0 Å². The van der Waals surface area contributed by atoms with Crippen LogP contribution in [-0.4, -0.2) is 42.4 Å². The monoisotopic (exact) mass is 355 g/mol. The largest absolute Gasteiger partial charge is 0.325 e. The maximum absolute atomic E-state index is 13.0. The topological polar surface area (TPSA) is 35.6 Å². The number of hydrogen-bond acceptors (Lipinski definition) is 3. The first kappa shape index (κ1) is 18.5. The van der Waals surface area contributed by atoms with E-state index < -0.39 is 0 Å². The number of nitrogens with one attached hydrogen (secondary N) is 1. The summed E-state index contributed by atoms with van der Waals surface area (Å²) in [6.45, 7) is 4.14. The zero-order valence-electron chi connectivity index (χ0n) is 15.2. The number of nitrogens with zero attached hydrogens (tertiary/aromatic N) is 2. The predicted octanol–water partition coefficient (Wildman–Crippen LogP) is 3.49. The summed E-state index contributed by atoms with van der Waals surface area (Å²) in [5, 5.41) is 2.97. The number of carbonyl (C=O) groups is 1. The van der Waals surface area contributed by atoms with E-state index in [0.717, 1.165) is 30.9 Å². The number of rotatable bonds is 7. The molecule has 0 bridgehead atoms. The van der Waals surface area contributed by atoms with Gasteiger partial charge in [0.05, 0.1) is 6.54 Å². The lowest BCUT2D eigenvalue weighted by Crippen LogP contribution is -2.29. The summed E-state index contributed by atoms with van der Waals surface area (Å²) in [5.41, 5.74) is 3.04. The van der Waals surface area contributed by atoms with E-state index in [4.69, 9.17) is 0 Å². The Hall–Kier alpha value is -2.24. The summed E-state index contributed by atoms with van der Waals surface area (Å²) in [4.78, 5) is 16.7. The molecule has 3 rings (SSSR count). The summed E-state index contributed by atoms with van der Waals surface area (Å²) in [5.74, 6) is -0.295. The fourth-order valence-corrected chi connectivity index (χ4v) is 3.35. The van der Waals surface area contributed by atoms with Crippen molar-refractivity contribution in [2.45, 2.75) is 25.9 Å². The van der Waals surface area contributed by atoms with Gasteiger partial charge in [-0.2, -0.15) is 0 Å². The van der Waals surface area contributed by atoms with Gasteiger partial charge in [0.1, 0.15) is 5.82 Å². The fraction of sp³-hybridized carbons (Fsp3) is 0.381.